The van der Waals surface area contributed by atoms with Crippen LogP contribution in [0.25, 0.3) is 44.8 Å². The summed E-state index contributed by atoms with van der Waals surface area (Å²) in [5, 5.41) is 25.8. The number of para-hydroxylation sites is 1. The number of hydrogen-bond donors (Lipinski definition) is 4. The number of ether oxygens (including phenoxy) is 6. The van der Waals surface area contributed by atoms with Crippen LogP contribution in [0.2, 0.25) is 0 Å². The molecule has 0 aliphatic carbocycles. The fourth-order valence-corrected chi connectivity index (χ4v) is 9.98. The van der Waals surface area contributed by atoms with Crippen LogP contribution in [0, 0.1) is 0 Å². The fourth-order valence-electron chi connectivity index (χ4n) is 8.68. The van der Waals surface area contributed by atoms with Gasteiger partial charge in [0, 0.05) is 54.3 Å². The van der Waals surface area contributed by atoms with Gasteiger partial charge >= 0.3 is 6.72 Å². The Hall–Kier alpha value is -6.69. The number of fused-ring (bicyclic) bond motifs is 6. The van der Waals surface area contributed by atoms with Gasteiger partial charge in [-0.05, 0) is 67.5 Å². The maximum absolute atomic E-state index is 14.0. The van der Waals surface area contributed by atoms with Crippen molar-refractivity contribution in [1.82, 2.24) is 25.6 Å². The minimum Gasteiger partial charge on any atom is -0.502 e. The van der Waals surface area contributed by atoms with Gasteiger partial charge in [0.25, 0.3) is 5.91 Å². The molecule has 21 nitrogen and oxygen atoms in total. The second kappa shape index (κ2) is 32.7. The Kier molecular flexibility index (Phi) is 25.0. The van der Waals surface area contributed by atoms with Crippen LogP contribution in [0.3, 0.4) is 0 Å². The number of aromatic hydroxyl groups is 1. The molecule has 6 aromatic rings. The maximum Gasteiger partial charge on any atom is 0.324 e. The maximum atomic E-state index is 14.0. The van der Waals surface area contributed by atoms with Gasteiger partial charge in [-0.3, -0.25) is 19.2 Å². The van der Waals surface area contributed by atoms with Crippen LogP contribution < -0.4 is 25.7 Å². The van der Waals surface area contributed by atoms with Gasteiger partial charge in [-0.2, -0.15) is 0 Å². The summed E-state index contributed by atoms with van der Waals surface area (Å²) in [6.07, 6.45) is 4.83. The van der Waals surface area contributed by atoms with Crippen LogP contribution in [-0.4, -0.2) is 142 Å². The number of hydrogen-bond acceptors (Lipinski definition) is 17. The number of nitrogens with one attached hydrogen (secondary N) is 2. The highest BCUT2D eigenvalue weighted by molar-refractivity contribution is 8.07. The molecule has 81 heavy (non-hydrogen) atoms. The molecular weight excluding hydrogens is 1080 g/mol. The predicted octanol–water partition coefficient (Wildman–Crippen LogP) is 7.74. The zero-order valence-electron chi connectivity index (χ0n) is 45.6. The summed E-state index contributed by atoms with van der Waals surface area (Å²) >= 11 is 4.93. The lowest BCUT2D eigenvalue weighted by atomic mass is 9.95. The van der Waals surface area contributed by atoms with Gasteiger partial charge in [-0.15, -0.1) is 5.10 Å². The zero-order chi connectivity index (χ0) is 57.2. The van der Waals surface area contributed by atoms with Crippen molar-refractivity contribution in [3.8, 4) is 45.3 Å². The number of anilines is 1. The van der Waals surface area contributed by atoms with E-state index in [1.165, 1.54) is 24.3 Å². The monoisotopic (exact) mass is 1150 g/mol. The Labute approximate surface area is 475 Å². The number of phenols is 1. The van der Waals surface area contributed by atoms with E-state index >= 15 is 0 Å². The molecule has 3 amide bonds. The molecule has 434 valence electrons. The molecule has 1 unspecified atom stereocenters. The minimum absolute atomic E-state index is 0.00341. The molecule has 7 rings (SSSR count). The standard InChI is InChI=1S/C58H71N6O15PS/c1-3-28-76-50-22-21-47-49(65)40-51(79-57(47)56(50)68)42-17-19-43(20-18-42)58(69)60-26-30-71-32-34-73-36-38-75-39-37-74-35-33-72-31-27-64-55-46-15-9-10-16-48(46)63(41-44-13-7-8-14-45(44)54(55)61-62-64)53(67)24-23-52(66)59-25-11-5-6-12-29-78-80(70,81)77-4-2/h3,7-10,13-22,40,68H,1,4-6,11-12,23-39,41H2,2H3,(H,59,66)(H,60,69)(H,70,81). The van der Waals surface area contributed by atoms with E-state index in [1.807, 2.05) is 48.5 Å². The van der Waals surface area contributed by atoms with Crippen LogP contribution in [-0.2, 0) is 67.2 Å². The average Bonchev–Trinajstić information content (AvgIpc) is 4.13. The topological polar surface area (TPSA) is 254 Å². The van der Waals surface area contributed by atoms with Crippen LogP contribution in [0.15, 0.2) is 113 Å². The predicted molar refractivity (Wildman–Crippen MR) is 309 cm³/mol. The summed E-state index contributed by atoms with van der Waals surface area (Å²) in [5.74, 6) is -0.546. The zero-order valence-corrected chi connectivity index (χ0v) is 47.3. The second-order valence-electron chi connectivity index (χ2n) is 18.4. The second-order valence-corrected chi connectivity index (χ2v) is 21.2. The van der Waals surface area contributed by atoms with E-state index in [0.717, 1.165) is 48.1 Å². The number of unbranched alkanes of at least 4 members (excludes halogenated alkanes) is 3. The molecular formula is C58H71N6O15PS. The van der Waals surface area contributed by atoms with Gasteiger partial charge in [0.2, 0.25) is 17.6 Å². The molecule has 1 aliphatic heterocycles. The molecule has 0 spiro atoms. The summed E-state index contributed by atoms with van der Waals surface area (Å²) < 4.78 is 51.9. The first-order valence-corrected chi connectivity index (χ1v) is 29.7. The first kappa shape index (κ1) is 61.9. The van der Waals surface area contributed by atoms with Crippen LogP contribution >= 0.6 is 6.72 Å². The van der Waals surface area contributed by atoms with Gasteiger partial charge in [-0.1, -0.05) is 85.3 Å². The lowest BCUT2D eigenvalue weighted by molar-refractivity contribution is -0.125. The van der Waals surface area contributed by atoms with Crippen molar-refractivity contribution in [3.05, 3.63) is 125 Å². The summed E-state index contributed by atoms with van der Waals surface area (Å²) in [4.78, 5) is 64.0. The highest BCUT2D eigenvalue weighted by atomic mass is 32.5. The van der Waals surface area contributed by atoms with Crippen LogP contribution in [0.5, 0.6) is 11.5 Å². The number of amides is 3. The molecule has 0 saturated carbocycles. The molecule has 4 aromatic carbocycles. The van der Waals surface area contributed by atoms with E-state index in [2.05, 4.69) is 27.5 Å². The molecule has 0 bridgehead atoms. The summed E-state index contributed by atoms with van der Waals surface area (Å²) in [6.45, 7) is 8.05. The molecule has 0 saturated heterocycles. The fraction of sp³-hybridized carbons (Fsp3) is 0.414. The molecule has 4 N–H and O–H groups in total. The van der Waals surface area contributed by atoms with Gasteiger partial charge in [0.1, 0.15) is 18.1 Å². The molecule has 0 fully saturated rings. The molecule has 3 heterocycles. The smallest absolute Gasteiger partial charge is 0.324 e. The van der Waals surface area contributed by atoms with E-state index in [1.54, 1.807) is 40.8 Å². The largest absolute Gasteiger partial charge is 0.502 e. The lowest BCUT2D eigenvalue weighted by Gasteiger charge is -2.28. The van der Waals surface area contributed by atoms with Crippen molar-refractivity contribution in [2.75, 3.05) is 104 Å². The molecule has 1 atom stereocenters. The van der Waals surface area contributed by atoms with Crippen molar-refractivity contribution in [2.45, 2.75) is 58.5 Å². The normalized spacial score (nSPS) is 12.6. The third-order valence-corrected chi connectivity index (χ3v) is 14.4. The molecule has 23 heteroatoms. The number of rotatable bonds is 36. The summed E-state index contributed by atoms with van der Waals surface area (Å²) in [5.41, 5.74) is 5.38. The highest BCUT2D eigenvalue weighted by Crippen LogP contribution is 2.44. The van der Waals surface area contributed by atoms with E-state index in [0.29, 0.717) is 115 Å². The number of benzene rings is 4. The third-order valence-electron chi connectivity index (χ3n) is 12.7. The van der Waals surface area contributed by atoms with Gasteiger partial charge < -0.3 is 67.4 Å². The SMILES string of the molecule is C=CCOc1ccc2c(=O)cc(-c3ccc(C(=O)NCCOCCOCCOCCOCCOCCn4nnc5c4-c4ccccc4N(C(=O)CCC(=O)NCCCCCCOP(O)(=S)OCC)Cc4ccccc4-5)cc3)oc2c1O. The van der Waals surface area contributed by atoms with Crippen molar-refractivity contribution >= 4 is 52.9 Å². The van der Waals surface area contributed by atoms with E-state index in [4.69, 9.17) is 53.7 Å². The van der Waals surface area contributed by atoms with Gasteiger partial charge in [0.15, 0.2) is 16.8 Å². The van der Waals surface area contributed by atoms with E-state index in [9.17, 15) is 29.2 Å². The van der Waals surface area contributed by atoms with Crippen molar-refractivity contribution < 1.29 is 66.3 Å². The summed E-state index contributed by atoms with van der Waals surface area (Å²) in [6, 6.07) is 26.4. The number of phenolic OH excluding ortho intramolecular Hbond substituents is 1. The number of aromatic nitrogens is 3. The Morgan fingerprint density at radius 2 is 1.43 bits per heavy atom. The number of carbonyl (C=O) groups excluding carboxylic acids is 3. The van der Waals surface area contributed by atoms with E-state index < -0.39 is 6.72 Å². The Bertz CT molecular complexity index is 3120. The third kappa shape index (κ3) is 18.7. The molecule has 2 aromatic heterocycles. The lowest BCUT2D eigenvalue weighted by Crippen LogP contribution is -2.33. The van der Waals surface area contributed by atoms with Gasteiger partial charge in [0.05, 0.1) is 109 Å². The first-order valence-electron chi connectivity index (χ1n) is 27.1. The van der Waals surface area contributed by atoms with Crippen molar-refractivity contribution in [3.63, 3.8) is 0 Å². The van der Waals surface area contributed by atoms with Crippen molar-refractivity contribution in [2.24, 2.45) is 0 Å². The first-order chi connectivity index (χ1) is 39.5. The average molecular weight is 1160 g/mol. The van der Waals surface area contributed by atoms with E-state index in [-0.39, 0.29) is 84.0 Å². The van der Waals surface area contributed by atoms with Crippen LogP contribution in [0.4, 0.5) is 5.69 Å². The van der Waals surface area contributed by atoms with Crippen molar-refractivity contribution in [1.29, 1.82) is 0 Å². The number of carbonyl (C=O) groups is 3. The Balaban J connectivity index is 0.733. The summed E-state index contributed by atoms with van der Waals surface area (Å²) in [7, 11) is 0. The Morgan fingerprint density at radius 3 is 2.15 bits per heavy atom. The van der Waals surface area contributed by atoms with Crippen LogP contribution in [0.1, 0.15) is 61.4 Å². The quantitative estimate of drug-likeness (QED) is 0.0167. The minimum atomic E-state index is -3.16. The van der Waals surface area contributed by atoms with Gasteiger partial charge in [-0.25, -0.2) is 4.68 Å². The number of nitrogens with zero attached hydrogens (tertiary/aromatic N) is 4. The highest BCUT2D eigenvalue weighted by Gasteiger charge is 2.29. The Morgan fingerprint density at radius 1 is 0.765 bits per heavy atom. The molecule has 1 aliphatic rings. The molecule has 0 radical (unpaired) electrons.